The fraction of sp³-hybridized carbons (Fsp3) is 0.938. The molecule has 4 bridgehead atoms. The van der Waals surface area contributed by atoms with E-state index in [4.69, 9.17) is 0 Å². The van der Waals surface area contributed by atoms with Crippen molar-refractivity contribution in [1.29, 1.82) is 0 Å². The maximum Gasteiger partial charge on any atom is 0.129 e. The Morgan fingerprint density at radius 2 is 1.68 bits per heavy atom. The van der Waals surface area contributed by atoms with Gasteiger partial charge in [0.15, 0.2) is 0 Å². The van der Waals surface area contributed by atoms with Gasteiger partial charge in [-0.25, -0.2) is 0 Å². The second-order valence-electron chi connectivity index (χ2n) is 7.79. The molecule has 1 aliphatic heterocycles. The minimum absolute atomic E-state index is 0.646. The summed E-state index contributed by atoms with van der Waals surface area (Å²) in [4.78, 5) is 11.1. The van der Waals surface area contributed by atoms with E-state index in [1.807, 2.05) is 0 Å². The molecule has 1 saturated heterocycles. The first-order valence-corrected chi connectivity index (χ1v) is 11.9. The van der Waals surface area contributed by atoms with Crippen molar-refractivity contribution in [3.63, 3.8) is 0 Å². The molecule has 3 heteroatoms. The molecule has 5 aliphatic rings. The van der Waals surface area contributed by atoms with E-state index in [1.165, 1.54) is 63.4 Å². The Hall–Kier alpha value is 0.500. The fourth-order valence-corrected chi connectivity index (χ4v) is 12.6. The molecule has 19 heavy (non-hydrogen) atoms. The van der Waals surface area contributed by atoms with Gasteiger partial charge in [-0.15, -0.1) is 0 Å². The van der Waals surface area contributed by atoms with Gasteiger partial charge in [-0.05, 0) is 95.1 Å². The molecule has 4 aliphatic carbocycles. The molecule has 5 fully saturated rings. The molecule has 1 heterocycles. The molecule has 2 unspecified atom stereocenters. The molecule has 0 aromatic rings. The number of carbonyl (C=O) groups is 1. The van der Waals surface area contributed by atoms with Gasteiger partial charge in [0.05, 0.1) is 0 Å². The Bertz CT molecular complexity index is 361. The van der Waals surface area contributed by atoms with Crippen molar-refractivity contribution in [3.05, 3.63) is 0 Å². The lowest BCUT2D eigenvalue weighted by Gasteiger charge is -2.61. The maximum absolute atomic E-state index is 11.1. The summed E-state index contributed by atoms with van der Waals surface area (Å²) in [6.45, 7) is 0. The molecule has 0 radical (unpaired) electrons. The van der Waals surface area contributed by atoms with Crippen LogP contribution in [-0.2, 0) is 4.79 Å². The molecule has 108 valence electrons. The van der Waals surface area contributed by atoms with E-state index in [0.717, 1.165) is 28.8 Å². The molecule has 4 saturated carbocycles. The van der Waals surface area contributed by atoms with Crippen molar-refractivity contribution < 1.29 is 4.79 Å². The highest BCUT2D eigenvalue weighted by atomic mass is 79.9. The van der Waals surface area contributed by atoms with Crippen LogP contribution in [-0.4, -0.2) is 23.0 Å². The lowest BCUT2D eigenvalue weighted by molar-refractivity contribution is -0.105. The first kappa shape index (κ1) is 13.2. The Morgan fingerprint density at radius 1 is 1.11 bits per heavy atom. The second-order valence-corrected chi connectivity index (χ2v) is 14.7. The molecule has 0 amide bonds. The summed E-state index contributed by atoms with van der Waals surface area (Å²) in [5.74, 6) is 5.25. The molecule has 0 aromatic carbocycles. The number of rotatable bonds is 3. The van der Waals surface area contributed by atoms with E-state index in [-0.39, 0.29) is 0 Å². The standard InChI is InChI=1S/C16H25BrOS/c17-19(5-3-18)4-1-2-15(19)16-9-12-6-13(10-16)8-14(7-12)11-16/h3,12-15H,1-2,4-11H2. The van der Waals surface area contributed by atoms with Gasteiger partial charge >= 0.3 is 0 Å². The summed E-state index contributed by atoms with van der Waals surface area (Å²) in [5.41, 5.74) is 0.646. The third-order valence-corrected chi connectivity index (χ3v) is 13.1. The van der Waals surface area contributed by atoms with Crippen LogP contribution in [0.1, 0.15) is 51.4 Å². The first-order chi connectivity index (χ1) is 9.13. The van der Waals surface area contributed by atoms with Crippen LogP contribution in [0.2, 0.25) is 0 Å². The first-order valence-electron chi connectivity index (χ1n) is 8.04. The van der Waals surface area contributed by atoms with Crippen LogP contribution >= 0.6 is 23.3 Å². The molecular weight excluding hydrogens is 320 g/mol. The average Bonchev–Trinajstić information content (AvgIpc) is 2.70. The van der Waals surface area contributed by atoms with E-state index in [1.54, 1.807) is 0 Å². The summed E-state index contributed by atoms with van der Waals surface area (Å²) in [6.07, 6.45) is 13.1. The highest BCUT2D eigenvalue weighted by Gasteiger charge is 2.58. The zero-order valence-electron chi connectivity index (χ0n) is 11.7. The third kappa shape index (κ3) is 1.97. The number of aldehydes is 1. The Kier molecular flexibility index (Phi) is 3.12. The van der Waals surface area contributed by atoms with Crippen molar-refractivity contribution in [2.45, 2.75) is 56.6 Å². The van der Waals surface area contributed by atoms with Crippen LogP contribution in [0, 0.1) is 23.2 Å². The quantitative estimate of drug-likeness (QED) is 0.679. The van der Waals surface area contributed by atoms with E-state index >= 15 is 0 Å². The smallest absolute Gasteiger partial charge is 0.129 e. The fourth-order valence-electron chi connectivity index (χ4n) is 6.50. The van der Waals surface area contributed by atoms with Crippen molar-refractivity contribution in [3.8, 4) is 0 Å². The van der Waals surface area contributed by atoms with E-state index < -0.39 is 8.46 Å². The normalized spacial score (nSPS) is 59.0. The van der Waals surface area contributed by atoms with E-state index in [2.05, 4.69) is 14.8 Å². The van der Waals surface area contributed by atoms with Gasteiger partial charge in [-0.3, -0.25) is 0 Å². The number of halogens is 1. The molecule has 0 spiro atoms. The lowest BCUT2D eigenvalue weighted by Crippen LogP contribution is -2.51. The monoisotopic (exact) mass is 344 g/mol. The topological polar surface area (TPSA) is 17.1 Å². The molecule has 0 aromatic heterocycles. The molecule has 2 atom stereocenters. The van der Waals surface area contributed by atoms with Gasteiger partial charge in [0, 0.05) is 11.0 Å². The predicted molar refractivity (Wildman–Crippen MR) is 85.9 cm³/mol. The van der Waals surface area contributed by atoms with Crippen LogP contribution in [0.5, 0.6) is 0 Å². The summed E-state index contributed by atoms with van der Waals surface area (Å²) in [7, 11) is -0.813. The molecule has 1 nitrogen and oxygen atoms in total. The van der Waals surface area contributed by atoms with Crippen LogP contribution in [0.15, 0.2) is 0 Å². The minimum Gasteiger partial charge on any atom is -0.303 e. The Balaban J connectivity index is 1.65. The van der Waals surface area contributed by atoms with Crippen molar-refractivity contribution in [1.82, 2.24) is 0 Å². The Morgan fingerprint density at radius 3 is 2.21 bits per heavy atom. The highest BCUT2D eigenvalue weighted by molar-refractivity contribution is 9.58. The minimum atomic E-state index is -0.813. The maximum atomic E-state index is 11.1. The molecule has 0 N–H and O–H groups in total. The SMILES string of the molecule is O=CCS1(Br)CCCC1C12CC3CC(CC(C3)C1)C2. The third-order valence-electron chi connectivity index (χ3n) is 6.57. The zero-order valence-corrected chi connectivity index (χ0v) is 14.1. The largest absolute Gasteiger partial charge is 0.303 e. The zero-order chi connectivity index (χ0) is 13.1. The number of hydrogen-bond donors (Lipinski definition) is 0. The van der Waals surface area contributed by atoms with Crippen LogP contribution in [0.25, 0.3) is 0 Å². The van der Waals surface area contributed by atoms with Gasteiger partial charge < -0.3 is 4.79 Å². The number of hydrogen-bond acceptors (Lipinski definition) is 1. The lowest BCUT2D eigenvalue weighted by atomic mass is 9.48. The summed E-state index contributed by atoms with van der Waals surface area (Å²) in [5, 5.41) is 0.860. The van der Waals surface area contributed by atoms with Crippen molar-refractivity contribution in [2.24, 2.45) is 23.2 Å². The van der Waals surface area contributed by atoms with Crippen molar-refractivity contribution in [2.75, 3.05) is 11.5 Å². The van der Waals surface area contributed by atoms with Gasteiger partial charge in [0.2, 0.25) is 0 Å². The van der Waals surface area contributed by atoms with Crippen LogP contribution < -0.4 is 0 Å². The van der Waals surface area contributed by atoms with Crippen LogP contribution in [0.4, 0.5) is 0 Å². The summed E-state index contributed by atoms with van der Waals surface area (Å²) in [6, 6.07) is 0. The van der Waals surface area contributed by atoms with E-state index in [0.29, 0.717) is 5.41 Å². The van der Waals surface area contributed by atoms with E-state index in [9.17, 15) is 4.79 Å². The van der Waals surface area contributed by atoms with Gasteiger partial charge in [0.1, 0.15) is 6.29 Å². The van der Waals surface area contributed by atoms with Gasteiger partial charge in [-0.1, -0.05) is 0 Å². The van der Waals surface area contributed by atoms with Crippen molar-refractivity contribution >= 4 is 29.6 Å². The predicted octanol–water partition coefficient (Wildman–Crippen LogP) is 4.68. The second kappa shape index (κ2) is 4.50. The summed E-state index contributed by atoms with van der Waals surface area (Å²) < 4.78 is 0. The average molecular weight is 345 g/mol. The van der Waals surface area contributed by atoms with Gasteiger partial charge in [-0.2, -0.15) is 8.46 Å². The Labute approximate surface area is 125 Å². The number of carbonyl (C=O) groups excluding carboxylic acids is 1. The molecular formula is C16H25BrOS. The highest BCUT2D eigenvalue weighted by Crippen LogP contribution is 2.75. The van der Waals surface area contributed by atoms with Gasteiger partial charge in [0.25, 0.3) is 0 Å². The molecule has 5 rings (SSSR count). The van der Waals surface area contributed by atoms with Crippen LogP contribution in [0.3, 0.4) is 0 Å². The summed E-state index contributed by atoms with van der Waals surface area (Å²) >= 11 is 4.11.